The average molecular weight is 600 g/mol. The van der Waals surface area contributed by atoms with E-state index in [0.717, 1.165) is 39.5 Å². The van der Waals surface area contributed by atoms with Gasteiger partial charge >= 0.3 is 0 Å². The van der Waals surface area contributed by atoms with Crippen LogP contribution in [0, 0.1) is 0 Å². The van der Waals surface area contributed by atoms with E-state index in [-0.39, 0.29) is 0 Å². The van der Waals surface area contributed by atoms with Crippen LogP contribution in [0.2, 0.25) is 0 Å². The van der Waals surface area contributed by atoms with Crippen molar-refractivity contribution in [2.45, 2.75) is 0 Å². The maximum atomic E-state index is 6.47. The van der Waals surface area contributed by atoms with Gasteiger partial charge in [-0.05, 0) is 60.0 Å². The summed E-state index contributed by atoms with van der Waals surface area (Å²) in [7, 11) is 0. The van der Waals surface area contributed by atoms with E-state index in [4.69, 9.17) is 9.40 Å². The lowest BCUT2D eigenvalue weighted by Gasteiger charge is -2.12. The van der Waals surface area contributed by atoms with Crippen molar-refractivity contribution in [3.05, 3.63) is 152 Å². The van der Waals surface area contributed by atoms with E-state index in [2.05, 4.69) is 130 Å². The molecule has 1 aliphatic carbocycles. The molecule has 7 aromatic carbocycles. The molecule has 3 heterocycles. The molecular formula is C43H25N3O. The Balaban J connectivity index is 1.24. The molecule has 47 heavy (non-hydrogen) atoms. The first-order valence-electron chi connectivity index (χ1n) is 16.0. The molecule has 1 aliphatic rings. The van der Waals surface area contributed by atoms with Gasteiger partial charge in [-0.2, -0.15) is 0 Å². The van der Waals surface area contributed by atoms with Crippen LogP contribution in [0.25, 0.3) is 99.8 Å². The molecule has 0 spiro atoms. The Morgan fingerprint density at radius 2 is 1.19 bits per heavy atom. The third kappa shape index (κ3) is 3.28. The molecule has 4 nitrogen and oxygen atoms in total. The number of fused-ring (bicyclic) bond motifs is 10. The van der Waals surface area contributed by atoms with Gasteiger partial charge in [-0.1, -0.05) is 97.1 Å². The molecule has 0 saturated carbocycles. The van der Waals surface area contributed by atoms with Crippen molar-refractivity contribution in [3.8, 4) is 45.4 Å². The van der Waals surface area contributed by atoms with Gasteiger partial charge in [0, 0.05) is 55.0 Å². The standard InChI is InChI=1S/C43H25N3O/c1-3-12-26(13-4-1)43-44-40-34-25-29(24-27-14-11-19-33(38(27)34)42(40)47-43)45-36-21-10-8-18-32(36)39-37(45)23-22-31-30-17-7-9-20-35(30)46(41(31)39)28-15-5-2-6-16-28/h1-25H. The van der Waals surface area contributed by atoms with Crippen LogP contribution in [0.1, 0.15) is 0 Å². The molecular weight excluding hydrogens is 574 g/mol. The van der Waals surface area contributed by atoms with E-state index in [1.165, 1.54) is 54.4 Å². The van der Waals surface area contributed by atoms with Crippen LogP contribution >= 0.6 is 0 Å². The molecule has 0 radical (unpaired) electrons. The van der Waals surface area contributed by atoms with Crippen molar-refractivity contribution in [3.63, 3.8) is 0 Å². The van der Waals surface area contributed by atoms with Crippen molar-refractivity contribution in [2.75, 3.05) is 0 Å². The van der Waals surface area contributed by atoms with Crippen molar-refractivity contribution < 1.29 is 4.42 Å². The summed E-state index contributed by atoms with van der Waals surface area (Å²) in [5, 5.41) is 7.36. The Kier molecular flexibility index (Phi) is 4.81. The molecule has 10 aromatic rings. The van der Waals surface area contributed by atoms with Crippen LogP contribution in [0.5, 0.6) is 0 Å². The first-order valence-corrected chi connectivity index (χ1v) is 16.0. The lowest BCUT2D eigenvalue weighted by atomic mass is 10.0. The largest absolute Gasteiger partial charge is 0.435 e. The molecule has 4 heteroatoms. The number of rotatable bonds is 3. The minimum atomic E-state index is 0.650. The van der Waals surface area contributed by atoms with Crippen LogP contribution in [-0.4, -0.2) is 14.1 Å². The molecule has 11 rings (SSSR count). The minimum absolute atomic E-state index is 0.650. The Morgan fingerprint density at radius 1 is 0.468 bits per heavy atom. The molecule has 0 N–H and O–H groups in total. The van der Waals surface area contributed by atoms with Crippen LogP contribution in [0.3, 0.4) is 0 Å². The Labute approximate surface area is 269 Å². The molecule has 0 fully saturated rings. The zero-order chi connectivity index (χ0) is 30.6. The number of hydrogen-bond acceptors (Lipinski definition) is 2. The number of para-hydroxylation sites is 3. The first kappa shape index (κ1) is 24.9. The number of nitrogens with zero attached hydrogens (tertiary/aromatic N) is 3. The molecule has 0 amide bonds. The number of oxazole rings is 1. The highest BCUT2D eigenvalue weighted by Gasteiger charge is 2.29. The fourth-order valence-corrected chi connectivity index (χ4v) is 7.94. The van der Waals surface area contributed by atoms with E-state index < -0.39 is 0 Å². The second-order valence-electron chi connectivity index (χ2n) is 12.4. The van der Waals surface area contributed by atoms with Crippen LogP contribution in [-0.2, 0) is 0 Å². The van der Waals surface area contributed by atoms with Gasteiger partial charge in [0.1, 0.15) is 5.69 Å². The molecule has 3 aromatic heterocycles. The highest BCUT2D eigenvalue weighted by Crippen LogP contribution is 2.50. The van der Waals surface area contributed by atoms with Gasteiger partial charge in [-0.25, -0.2) is 4.98 Å². The molecule has 218 valence electrons. The van der Waals surface area contributed by atoms with Crippen LogP contribution in [0.4, 0.5) is 0 Å². The first-order chi connectivity index (χ1) is 23.3. The number of aromatic nitrogens is 3. The van der Waals surface area contributed by atoms with Crippen molar-refractivity contribution in [2.24, 2.45) is 0 Å². The highest BCUT2D eigenvalue weighted by atomic mass is 16.4. The predicted octanol–water partition coefficient (Wildman–Crippen LogP) is 11.3. The lowest BCUT2D eigenvalue weighted by Crippen LogP contribution is -1.96. The summed E-state index contributed by atoms with van der Waals surface area (Å²) < 4.78 is 11.3. The third-order valence-electron chi connectivity index (χ3n) is 9.85. The summed E-state index contributed by atoms with van der Waals surface area (Å²) in [4.78, 5) is 5.08. The molecule has 0 atom stereocenters. The van der Waals surface area contributed by atoms with E-state index >= 15 is 0 Å². The van der Waals surface area contributed by atoms with Gasteiger partial charge in [0.15, 0.2) is 5.76 Å². The molecule has 0 bridgehead atoms. The fourth-order valence-electron chi connectivity index (χ4n) is 7.94. The Bertz CT molecular complexity index is 2890. The summed E-state index contributed by atoms with van der Waals surface area (Å²) in [6.07, 6.45) is 0. The summed E-state index contributed by atoms with van der Waals surface area (Å²) >= 11 is 0. The van der Waals surface area contributed by atoms with Gasteiger partial charge < -0.3 is 13.6 Å². The SMILES string of the molecule is c1ccc(-c2nc3c(o2)-c2cccc4cc(-n5c6ccccc6c6c5ccc5c7ccccc7n(-c7ccccc7)c56)cc-3c24)cc1. The topological polar surface area (TPSA) is 35.9 Å². The van der Waals surface area contributed by atoms with Crippen molar-refractivity contribution in [1.29, 1.82) is 0 Å². The number of hydrogen-bond donors (Lipinski definition) is 0. The summed E-state index contributed by atoms with van der Waals surface area (Å²) in [6.45, 7) is 0. The Morgan fingerprint density at radius 3 is 2.02 bits per heavy atom. The van der Waals surface area contributed by atoms with Gasteiger partial charge in [-0.3, -0.25) is 0 Å². The maximum Gasteiger partial charge on any atom is 0.227 e. The van der Waals surface area contributed by atoms with Gasteiger partial charge in [0.2, 0.25) is 5.89 Å². The Hall–Kier alpha value is -6.39. The zero-order valence-electron chi connectivity index (χ0n) is 25.2. The lowest BCUT2D eigenvalue weighted by molar-refractivity contribution is 0.590. The van der Waals surface area contributed by atoms with E-state index in [1.807, 2.05) is 30.3 Å². The fraction of sp³-hybridized carbons (Fsp3) is 0. The van der Waals surface area contributed by atoms with Crippen LogP contribution in [0.15, 0.2) is 156 Å². The van der Waals surface area contributed by atoms with Crippen LogP contribution < -0.4 is 0 Å². The second-order valence-corrected chi connectivity index (χ2v) is 12.4. The van der Waals surface area contributed by atoms with Crippen molar-refractivity contribution in [1.82, 2.24) is 14.1 Å². The zero-order valence-corrected chi connectivity index (χ0v) is 25.2. The quantitative estimate of drug-likeness (QED) is 0.203. The highest BCUT2D eigenvalue weighted by molar-refractivity contribution is 6.26. The smallest absolute Gasteiger partial charge is 0.227 e. The second kappa shape index (κ2) is 9.09. The van der Waals surface area contributed by atoms with E-state index in [0.29, 0.717) is 5.89 Å². The average Bonchev–Trinajstić information content (AvgIpc) is 3.88. The normalized spacial score (nSPS) is 12.3. The van der Waals surface area contributed by atoms with E-state index in [1.54, 1.807) is 0 Å². The molecule has 0 aliphatic heterocycles. The van der Waals surface area contributed by atoms with Gasteiger partial charge in [-0.15, -0.1) is 0 Å². The number of benzene rings is 7. The summed E-state index contributed by atoms with van der Waals surface area (Å²) in [5.41, 5.74) is 11.1. The van der Waals surface area contributed by atoms with Gasteiger partial charge in [0.05, 0.1) is 22.1 Å². The van der Waals surface area contributed by atoms with Crippen molar-refractivity contribution >= 4 is 54.4 Å². The third-order valence-corrected chi connectivity index (χ3v) is 9.85. The molecule has 0 unspecified atom stereocenters. The van der Waals surface area contributed by atoms with E-state index in [9.17, 15) is 0 Å². The predicted molar refractivity (Wildman–Crippen MR) is 193 cm³/mol. The maximum absolute atomic E-state index is 6.47. The van der Waals surface area contributed by atoms with Gasteiger partial charge in [0.25, 0.3) is 0 Å². The monoisotopic (exact) mass is 599 g/mol. The summed E-state index contributed by atoms with van der Waals surface area (Å²) in [5.74, 6) is 1.49. The molecule has 0 saturated heterocycles. The minimum Gasteiger partial charge on any atom is -0.435 e. The summed E-state index contributed by atoms with van der Waals surface area (Å²) in [6, 6.07) is 54.1.